The van der Waals surface area contributed by atoms with Crippen LogP contribution in [0.25, 0.3) is 0 Å². The number of rotatable bonds is 11. The van der Waals surface area contributed by atoms with E-state index in [1.54, 1.807) is 0 Å². The second kappa shape index (κ2) is 11.9. The third-order valence-electron chi connectivity index (χ3n) is 5.40. The average Bonchev–Trinajstić information content (AvgIpc) is 2.78. The molecule has 0 spiro atoms. The van der Waals surface area contributed by atoms with Gasteiger partial charge in [0.25, 0.3) is 0 Å². The summed E-state index contributed by atoms with van der Waals surface area (Å²) < 4.78 is 0. The minimum atomic E-state index is 0.402. The van der Waals surface area contributed by atoms with Crippen molar-refractivity contribution >= 4 is 15.9 Å². The van der Waals surface area contributed by atoms with Gasteiger partial charge in [-0.05, 0) is 42.4 Å². The second-order valence-corrected chi connectivity index (χ2v) is 9.01. The number of halogens is 1. The first-order valence-corrected chi connectivity index (χ1v) is 11.7. The number of hydrogen-bond donors (Lipinski definition) is 0. The van der Waals surface area contributed by atoms with E-state index in [-0.39, 0.29) is 0 Å². The van der Waals surface area contributed by atoms with Gasteiger partial charge >= 0.3 is 0 Å². The van der Waals surface area contributed by atoms with E-state index in [1.165, 1.54) is 36.0 Å². The first-order chi connectivity index (χ1) is 14.3. The predicted molar refractivity (Wildman–Crippen MR) is 126 cm³/mol. The molecule has 2 aromatic carbocycles. The summed E-state index contributed by atoms with van der Waals surface area (Å²) in [5, 5.41) is 0. The highest BCUT2D eigenvalue weighted by Crippen LogP contribution is 2.32. The number of nitrogens with zero attached hydrogens (tertiary/aromatic N) is 2. The van der Waals surface area contributed by atoms with Crippen molar-refractivity contribution in [2.45, 2.75) is 62.6 Å². The Morgan fingerprint density at radius 2 is 1.38 bits per heavy atom. The largest absolute Gasteiger partial charge is 0.241 e. The van der Waals surface area contributed by atoms with Crippen LogP contribution in [0.2, 0.25) is 0 Å². The first kappa shape index (κ1) is 21.7. The normalized spacial score (nSPS) is 12.2. The molecule has 0 N–H and O–H groups in total. The summed E-state index contributed by atoms with van der Waals surface area (Å²) in [6, 6.07) is 21.7. The standard InChI is InChI=1S/C26H31BrN2/c1-2-3-6-15-26-28-19-21(20-29-26)16-17-24(27)18-25(22-11-7-4-8-12-22)23-13-9-5-10-14-23/h4-5,7-14,19-20,24-25H,2-3,6,15-18H2,1H3. The first-order valence-electron chi connectivity index (χ1n) is 10.8. The third kappa shape index (κ3) is 7.08. The second-order valence-electron chi connectivity index (χ2n) is 7.71. The highest BCUT2D eigenvalue weighted by atomic mass is 79.9. The molecule has 29 heavy (non-hydrogen) atoms. The Hall–Kier alpha value is -2.00. The molecular weight excluding hydrogens is 420 g/mol. The molecule has 0 aliphatic heterocycles. The van der Waals surface area contributed by atoms with Crippen LogP contribution in [0, 0.1) is 0 Å². The molecule has 3 aromatic rings. The SMILES string of the molecule is CCCCCc1ncc(CCC(Br)CC(c2ccccc2)c2ccccc2)cn1. The van der Waals surface area contributed by atoms with Crippen LogP contribution >= 0.6 is 15.9 Å². The maximum absolute atomic E-state index is 4.56. The number of hydrogen-bond acceptors (Lipinski definition) is 2. The van der Waals surface area contributed by atoms with E-state index >= 15 is 0 Å². The van der Waals surface area contributed by atoms with Crippen molar-refractivity contribution in [2.24, 2.45) is 0 Å². The van der Waals surface area contributed by atoms with E-state index in [4.69, 9.17) is 0 Å². The quantitative estimate of drug-likeness (QED) is 0.229. The Morgan fingerprint density at radius 3 is 1.93 bits per heavy atom. The number of aryl methyl sites for hydroxylation is 2. The molecule has 2 nitrogen and oxygen atoms in total. The van der Waals surface area contributed by atoms with Crippen LogP contribution < -0.4 is 0 Å². The Balaban J connectivity index is 1.57. The van der Waals surface area contributed by atoms with E-state index in [0.717, 1.165) is 31.5 Å². The van der Waals surface area contributed by atoms with Gasteiger partial charge in [0.15, 0.2) is 0 Å². The van der Waals surface area contributed by atoms with Gasteiger partial charge in [-0.2, -0.15) is 0 Å². The Bertz CT molecular complexity index is 779. The molecule has 0 aliphatic carbocycles. The van der Waals surface area contributed by atoms with Gasteiger partial charge in [0, 0.05) is 29.6 Å². The number of aromatic nitrogens is 2. The van der Waals surface area contributed by atoms with Gasteiger partial charge in [0.05, 0.1) is 0 Å². The molecule has 1 atom stereocenters. The van der Waals surface area contributed by atoms with Crippen molar-refractivity contribution in [1.82, 2.24) is 9.97 Å². The zero-order valence-electron chi connectivity index (χ0n) is 17.3. The van der Waals surface area contributed by atoms with Gasteiger partial charge in [0.1, 0.15) is 5.82 Å². The lowest BCUT2D eigenvalue weighted by Crippen LogP contribution is -2.10. The van der Waals surface area contributed by atoms with Gasteiger partial charge in [-0.15, -0.1) is 0 Å². The predicted octanol–water partition coefficient (Wildman–Crippen LogP) is 7.13. The van der Waals surface area contributed by atoms with Crippen molar-refractivity contribution < 1.29 is 0 Å². The van der Waals surface area contributed by atoms with Crippen molar-refractivity contribution in [1.29, 1.82) is 0 Å². The van der Waals surface area contributed by atoms with Gasteiger partial charge in [-0.25, -0.2) is 9.97 Å². The topological polar surface area (TPSA) is 25.8 Å². The molecule has 3 heteroatoms. The highest BCUT2D eigenvalue weighted by molar-refractivity contribution is 9.09. The maximum atomic E-state index is 4.56. The zero-order valence-corrected chi connectivity index (χ0v) is 18.9. The fourth-order valence-corrected chi connectivity index (χ4v) is 4.31. The van der Waals surface area contributed by atoms with Crippen LogP contribution in [-0.4, -0.2) is 14.8 Å². The average molecular weight is 451 g/mol. The maximum Gasteiger partial charge on any atom is 0.128 e. The minimum Gasteiger partial charge on any atom is -0.241 e. The number of unbranched alkanes of at least 4 members (excludes halogenated alkanes) is 2. The molecule has 3 rings (SSSR count). The monoisotopic (exact) mass is 450 g/mol. The Kier molecular flexibility index (Phi) is 8.88. The van der Waals surface area contributed by atoms with E-state index < -0.39 is 0 Å². The summed E-state index contributed by atoms with van der Waals surface area (Å²) in [7, 11) is 0. The van der Waals surface area contributed by atoms with Crippen LogP contribution in [0.5, 0.6) is 0 Å². The number of benzene rings is 2. The fourth-order valence-electron chi connectivity index (χ4n) is 3.71. The molecular formula is C26H31BrN2. The van der Waals surface area contributed by atoms with E-state index in [2.05, 4.69) is 93.5 Å². The van der Waals surface area contributed by atoms with E-state index in [1.807, 2.05) is 12.4 Å². The summed E-state index contributed by atoms with van der Waals surface area (Å²) in [5.74, 6) is 1.38. The van der Waals surface area contributed by atoms with Crippen LogP contribution in [0.3, 0.4) is 0 Å². The Labute approximate surface area is 184 Å². The van der Waals surface area contributed by atoms with Gasteiger partial charge in [-0.1, -0.05) is 96.4 Å². The van der Waals surface area contributed by atoms with E-state index in [0.29, 0.717) is 10.7 Å². The molecule has 0 saturated carbocycles. The van der Waals surface area contributed by atoms with Crippen LogP contribution in [0.15, 0.2) is 73.1 Å². The molecule has 1 heterocycles. The summed E-state index contributed by atoms with van der Waals surface area (Å²) in [5.41, 5.74) is 3.98. The Morgan fingerprint density at radius 1 is 0.793 bits per heavy atom. The summed E-state index contributed by atoms with van der Waals surface area (Å²) in [6.45, 7) is 2.22. The minimum absolute atomic E-state index is 0.402. The van der Waals surface area contributed by atoms with Crippen LogP contribution in [-0.2, 0) is 12.8 Å². The molecule has 1 aromatic heterocycles. The molecule has 0 aliphatic rings. The molecule has 0 bridgehead atoms. The molecule has 0 fully saturated rings. The van der Waals surface area contributed by atoms with Gasteiger partial charge in [-0.3, -0.25) is 0 Å². The lowest BCUT2D eigenvalue weighted by atomic mass is 9.86. The number of alkyl halides is 1. The lowest BCUT2D eigenvalue weighted by Gasteiger charge is -2.21. The summed E-state index contributed by atoms with van der Waals surface area (Å²) in [4.78, 5) is 9.56. The molecule has 1 unspecified atom stereocenters. The zero-order chi connectivity index (χ0) is 20.3. The molecule has 0 amide bonds. The lowest BCUT2D eigenvalue weighted by molar-refractivity contribution is 0.646. The van der Waals surface area contributed by atoms with Crippen molar-refractivity contribution in [3.8, 4) is 0 Å². The molecule has 152 valence electrons. The van der Waals surface area contributed by atoms with Crippen molar-refractivity contribution in [2.75, 3.05) is 0 Å². The van der Waals surface area contributed by atoms with Crippen LogP contribution in [0.1, 0.15) is 67.5 Å². The summed E-state index contributed by atoms with van der Waals surface area (Å²) >= 11 is 3.95. The van der Waals surface area contributed by atoms with Gasteiger partial charge < -0.3 is 0 Å². The molecule has 0 radical (unpaired) electrons. The fraction of sp³-hybridized carbons (Fsp3) is 0.385. The van der Waals surface area contributed by atoms with E-state index in [9.17, 15) is 0 Å². The summed E-state index contributed by atoms with van der Waals surface area (Å²) in [6.07, 6.45) is 11.8. The van der Waals surface area contributed by atoms with Crippen molar-refractivity contribution in [3.63, 3.8) is 0 Å². The van der Waals surface area contributed by atoms with Crippen LogP contribution in [0.4, 0.5) is 0 Å². The highest BCUT2D eigenvalue weighted by Gasteiger charge is 2.18. The molecule has 0 saturated heterocycles. The third-order valence-corrected chi connectivity index (χ3v) is 6.24. The van der Waals surface area contributed by atoms with Gasteiger partial charge in [0.2, 0.25) is 0 Å². The smallest absolute Gasteiger partial charge is 0.128 e. The van der Waals surface area contributed by atoms with Crippen molar-refractivity contribution in [3.05, 3.63) is 95.6 Å².